The van der Waals surface area contributed by atoms with Crippen molar-refractivity contribution in [2.45, 2.75) is 30.2 Å². The Balaban J connectivity index is 0.00000109. The van der Waals surface area contributed by atoms with Crippen molar-refractivity contribution in [2.24, 2.45) is 17.4 Å². The van der Waals surface area contributed by atoms with E-state index in [-0.39, 0.29) is 30.9 Å². The summed E-state index contributed by atoms with van der Waals surface area (Å²) in [6, 6.07) is 5.83. The summed E-state index contributed by atoms with van der Waals surface area (Å²) in [6.07, 6.45) is 4.75. The van der Waals surface area contributed by atoms with Gasteiger partial charge in [-0.1, -0.05) is 0 Å². The van der Waals surface area contributed by atoms with Crippen molar-refractivity contribution in [3.8, 4) is 0 Å². The minimum Gasteiger partial charge on any atom is -0.333 e. The van der Waals surface area contributed by atoms with E-state index in [0.29, 0.717) is 12.3 Å². The first kappa shape index (κ1) is 19.9. The van der Waals surface area contributed by atoms with Crippen LogP contribution < -0.4 is 16.8 Å². The van der Waals surface area contributed by atoms with Gasteiger partial charge in [0.25, 0.3) is 5.91 Å². The van der Waals surface area contributed by atoms with E-state index in [4.69, 9.17) is 5.73 Å². The smallest absolute Gasteiger partial charge is 0.254 e. The Morgan fingerprint density at radius 3 is 2.68 bits per heavy atom. The maximum Gasteiger partial charge on any atom is 0.254 e. The number of amides is 1. The number of rotatable bonds is 8. The largest absolute Gasteiger partial charge is 0.333 e. The predicted molar refractivity (Wildman–Crippen MR) is 102 cm³/mol. The molecule has 1 aromatic carbocycles. The maximum atomic E-state index is 12.7. The van der Waals surface area contributed by atoms with Gasteiger partial charge >= 0.3 is 0 Å². The fourth-order valence-electron chi connectivity index (χ4n) is 3.11. The van der Waals surface area contributed by atoms with Gasteiger partial charge in [0.1, 0.15) is 5.78 Å². The van der Waals surface area contributed by atoms with Gasteiger partial charge in [-0.3, -0.25) is 14.9 Å². The highest BCUT2D eigenvalue weighted by atomic mass is 32.2. The van der Waals surface area contributed by atoms with E-state index >= 15 is 0 Å². The standard InChI is InChI=1S/C17H23N3O2S.CH5N/c1-23-13-4-5-14-15(7-13)16(6-12(21)8-19-10-18)20(17(14)22)9-11-2-3-11;1-2/h4-5,7,11,16,19H,2-3,6,8-10,18H2,1H3;2H2,1H3. The van der Waals surface area contributed by atoms with E-state index in [1.807, 2.05) is 23.3 Å². The number of ketones is 1. The Hall–Kier alpha value is -1.41. The molecule has 1 aromatic rings. The van der Waals surface area contributed by atoms with Gasteiger partial charge in [0.2, 0.25) is 0 Å². The first-order chi connectivity index (χ1) is 12.1. The highest BCUT2D eigenvalue weighted by molar-refractivity contribution is 7.98. The molecule has 1 aliphatic heterocycles. The first-order valence-corrected chi connectivity index (χ1v) is 9.85. The Labute approximate surface area is 153 Å². The highest BCUT2D eigenvalue weighted by Gasteiger charge is 2.40. The summed E-state index contributed by atoms with van der Waals surface area (Å²) in [6.45, 7) is 1.31. The van der Waals surface area contributed by atoms with Crippen LogP contribution in [0, 0.1) is 5.92 Å². The van der Waals surface area contributed by atoms with Gasteiger partial charge in [0.15, 0.2) is 0 Å². The lowest BCUT2D eigenvalue weighted by Crippen LogP contribution is -2.34. The van der Waals surface area contributed by atoms with Gasteiger partial charge in [0.05, 0.1) is 12.6 Å². The number of nitrogens with zero attached hydrogens (tertiary/aromatic N) is 1. The van der Waals surface area contributed by atoms with Gasteiger partial charge in [0, 0.05) is 30.1 Å². The summed E-state index contributed by atoms with van der Waals surface area (Å²) in [5, 5.41) is 2.87. The molecule has 1 amide bonds. The van der Waals surface area contributed by atoms with Gasteiger partial charge in [-0.15, -0.1) is 11.8 Å². The quantitative estimate of drug-likeness (QED) is 0.475. The van der Waals surface area contributed by atoms with Crippen molar-refractivity contribution in [1.82, 2.24) is 10.2 Å². The summed E-state index contributed by atoms with van der Waals surface area (Å²) in [7, 11) is 1.50. The molecule has 6 nitrogen and oxygen atoms in total. The molecule has 0 radical (unpaired) electrons. The Morgan fingerprint density at radius 2 is 2.08 bits per heavy atom. The van der Waals surface area contributed by atoms with E-state index in [2.05, 4.69) is 17.1 Å². The van der Waals surface area contributed by atoms with Crippen LogP contribution in [-0.4, -0.2) is 49.7 Å². The van der Waals surface area contributed by atoms with Crippen LogP contribution in [0.4, 0.5) is 0 Å². The van der Waals surface area contributed by atoms with Crippen LogP contribution >= 0.6 is 11.8 Å². The van der Waals surface area contributed by atoms with Crippen molar-refractivity contribution in [3.63, 3.8) is 0 Å². The van der Waals surface area contributed by atoms with Crippen LogP contribution in [0.25, 0.3) is 0 Å². The normalized spacial score (nSPS) is 18.6. The number of benzene rings is 1. The van der Waals surface area contributed by atoms with Gasteiger partial charge in [-0.2, -0.15) is 0 Å². The van der Waals surface area contributed by atoms with E-state index in [9.17, 15) is 9.59 Å². The molecule has 0 aromatic heterocycles. The van der Waals surface area contributed by atoms with Crippen LogP contribution in [-0.2, 0) is 4.79 Å². The van der Waals surface area contributed by atoms with Gasteiger partial charge in [-0.05, 0) is 55.8 Å². The van der Waals surface area contributed by atoms with E-state index < -0.39 is 0 Å². The number of carbonyl (C=O) groups excluding carboxylic acids is 2. The average molecular weight is 365 g/mol. The highest BCUT2D eigenvalue weighted by Crippen LogP contribution is 2.41. The third-order valence-electron chi connectivity index (χ3n) is 4.52. The van der Waals surface area contributed by atoms with Crippen LogP contribution in [0.5, 0.6) is 0 Å². The topological polar surface area (TPSA) is 101 Å². The third-order valence-corrected chi connectivity index (χ3v) is 5.25. The molecule has 7 heteroatoms. The summed E-state index contributed by atoms with van der Waals surface area (Å²) < 4.78 is 0. The zero-order valence-corrected chi connectivity index (χ0v) is 15.8. The Bertz CT molecular complexity index is 619. The number of Topliss-reactive ketones (excluding diaryl/α,β-unsaturated/α-hetero) is 1. The molecule has 0 saturated heterocycles. The van der Waals surface area contributed by atoms with Crippen LogP contribution in [0.2, 0.25) is 0 Å². The van der Waals surface area contributed by atoms with Crippen molar-refractivity contribution in [3.05, 3.63) is 29.3 Å². The molecular formula is C18H28N4O2S. The van der Waals surface area contributed by atoms with Crippen molar-refractivity contribution < 1.29 is 9.59 Å². The number of nitrogens with one attached hydrogen (secondary N) is 1. The van der Waals surface area contributed by atoms with E-state index in [1.165, 1.54) is 19.9 Å². The molecule has 0 spiro atoms. The summed E-state index contributed by atoms with van der Waals surface area (Å²) in [4.78, 5) is 28.0. The minimum absolute atomic E-state index is 0.0733. The van der Waals surface area contributed by atoms with Crippen LogP contribution in [0.15, 0.2) is 23.1 Å². The van der Waals surface area contributed by atoms with E-state index in [0.717, 1.165) is 22.6 Å². The number of nitrogens with two attached hydrogens (primary N) is 2. The molecule has 2 aliphatic rings. The molecule has 0 bridgehead atoms. The van der Waals surface area contributed by atoms with Crippen molar-refractivity contribution in [2.75, 3.05) is 33.1 Å². The number of hydrogen-bond donors (Lipinski definition) is 3. The number of carbonyl (C=O) groups is 2. The molecule has 3 rings (SSSR count). The molecule has 1 aliphatic carbocycles. The second-order valence-corrected chi connectivity index (χ2v) is 7.12. The van der Waals surface area contributed by atoms with Gasteiger partial charge < -0.3 is 16.4 Å². The third kappa shape index (κ3) is 4.82. The second kappa shape index (κ2) is 9.33. The zero-order valence-electron chi connectivity index (χ0n) is 15.0. The fraction of sp³-hybridized carbons (Fsp3) is 0.556. The van der Waals surface area contributed by atoms with Crippen LogP contribution in [0.1, 0.15) is 41.2 Å². The number of thioether (sulfide) groups is 1. The Kier molecular flexibility index (Phi) is 7.43. The predicted octanol–water partition coefficient (Wildman–Crippen LogP) is 1.36. The van der Waals surface area contributed by atoms with Crippen LogP contribution in [0.3, 0.4) is 0 Å². The average Bonchev–Trinajstić information content (AvgIpc) is 3.43. The molecular weight excluding hydrogens is 336 g/mol. The molecule has 138 valence electrons. The molecule has 1 saturated carbocycles. The molecule has 1 atom stereocenters. The second-order valence-electron chi connectivity index (χ2n) is 6.24. The monoisotopic (exact) mass is 364 g/mol. The lowest BCUT2D eigenvalue weighted by atomic mass is 10.00. The molecule has 1 heterocycles. The molecule has 25 heavy (non-hydrogen) atoms. The van der Waals surface area contributed by atoms with E-state index in [1.54, 1.807) is 11.8 Å². The SMILES string of the molecule is CN.CSc1ccc2c(c1)C(CC(=O)CNCN)N(CC1CC1)C2=O. The zero-order chi connectivity index (χ0) is 18.4. The molecule has 1 fully saturated rings. The lowest BCUT2D eigenvalue weighted by molar-refractivity contribution is -0.119. The summed E-state index contributed by atoms with van der Waals surface area (Å²) in [5.41, 5.74) is 11.7. The lowest BCUT2D eigenvalue weighted by Gasteiger charge is -2.25. The number of hydrogen-bond acceptors (Lipinski definition) is 6. The van der Waals surface area contributed by atoms with Crippen molar-refractivity contribution >= 4 is 23.5 Å². The first-order valence-electron chi connectivity index (χ1n) is 8.63. The Morgan fingerprint density at radius 1 is 1.36 bits per heavy atom. The number of fused-ring (bicyclic) bond motifs is 1. The fourth-order valence-corrected chi connectivity index (χ4v) is 3.56. The molecule has 5 N–H and O–H groups in total. The summed E-state index contributed by atoms with van der Waals surface area (Å²) >= 11 is 1.65. The van der Waals surface area contributed by atoms with Gasteiger partial charge in [-0.25, -0.2) is 0 Å². The summed E-state index contributed by atoms with van der Waals surface area (Å²) in [5.74, 6) is 0.772. The minimum atomic E-state index is -0.128. The molecule has 1 unspecified atom stereocenters. The van der Waals surface area contributed by atoms with Crippen molar-refractivity contribution in [1.29, 1.82) is 0 Å². The maximum absolute atomic E-state index is 12.7.